The zero-order chi connectivity index (χ0) is 12.6. The van der Waals surface area contributed by atoms with Crippen molar-refractivity contribution in [2.45, 2.75) is 39.7 Å². The van der Waals surface area contributed by atoms with Crippen LogP contribution in [0.2, 0.25) is 0 Å². The van der Waals surface area contributed by atoms with Crippen molar-refractivity contribution in [2.24, 2.45) is 11.3 Å². The van der Waals surface area contributed by atoms with Gasteiger partial charge < -0.3 is 5.32 Å². The predicted octanol–water partition coefficient (Wildman–Crippen LogP) is 4.82. The molecule has 0 heterocycles. The molecule has 1 aromatic carbocycles. The maximum absolute atomic E-state index is 13.1. The Labute approximate surface area is 111 Å². The summed E-state index contributed by atoms with van der Waals surface area (Å²) in [7, 11) is 0. The van der Waals surface area contributed by atoms with Gasteiger partial charge in [0.05, 0.1) is 4.47 Å². The van der Waals surface area contributed by atoms with E-state index in [-0.39, 0.29) is 5.82 Å². The fraction of sp³-hybridized carbons (Fsp3) is 0.571. The predicted molar refractivity (Wildman–Crippen MR) is 73.7 cm³/mol. The standard InChI is InChI=1S/C14H19BrFN/c1-9-7-14(2,3)8-13(9)17-10-4-5-12(16)11(15)6-10/h4-6,9,13,17H,7-8H2,1-3H3. The van der Waals surface area contributed by atoms with Crippen LogP contribution in [0.1, 0.15) is 33.6 Å². The van der Waals surface area contributed by atoms with Crippen LogP contribution in [0.25, 0.3) is 0 Å². The van der Waals surface area contributed by atoms with Crippen molar-refractivity contribution in [3.05, 3.63) is 28.5 Å². The van der Waals surface area contributed by atoms with E-state index in [1.54, 1.807) is 6.07 Å². The van der Waals surface area contributed by atoms with Crippen LogP contribution < -0.4 is 5.32 Å². The summed E-state index contributed by atoms with van der Waals surface area (Å²) in [6.07, 6.45) is 2.41. The molecule has 1 nitrogen and oxygen atoms in total. The molecule has 94 valence electrons. The summed E-state index contributed by atoms with van der Waals surface area (Å²) in [6.45, 7) is 6.91. The first kappa shape index (κ1) is 12.9. The van der Waals surface area contributed by atoms with Gasteiger partial charge in [0.2, 0.25) is 0 Å². The van der Waals surface area contributed by atoms with Gasteiger partial charge in [0.1, 0.15) is 5.82 Å². The second kappa shape index (κ2) is 4.60. The topological polar surface area (TPSA) is 12.0 Å². The molecule has 1 N–H and O–H groups in total. The van der Waals surface area contributed by atoms with Gasteiger partial charge in [-0.05, 0) is 58.3 Å². The Bertz CT molecular complexity index is 417. The van der Waals surface area contributed by atoms with Gasteiger partial charge in [-0.15, -0.1) is 0 Å². The van der Waals surface area contributed by atoms with Crippen LogP contribution in [0.15, 0.2) is 22.7 Å². The van der Waals surface area contributed by atoms with Gasteiger partial charge in [0, 0.05) is 11.7 Å². The normalized spacial score (nSPS) is 27.1. The zero-order valence-corrected chi connectivity index (χ0v) is 12.1. The van der Waals surface area contributed by atoms with Crippen LogP contribution in [-0.4, -0.2) is 6.04 Å². The smallest absolute Gasteiger partial charge is 0.137 e. The van der Waals surface area contributed by atoms with Crippen LogP contribution in [0, 0.1) is 17.2 Å². The molecule has 2 atom stereocenters. The molecule has 1 saturated carbocycles. The van der Waals surface area contributed by atoms with Crippen molar-refractivity contribution in [2.75, 3.05) is 5.32 Å². The first-order valence-corrected chi connectivity index (χ1v) is 6.88. The number of benzene rings is 1. The average Bonchev–Trinajstić information content (AvgIpc) is 2.46. The Morgan fingerprint density at radius 3 is 2.59 bits per heavy atom. The summed E-state index contributed by atoms with van der Waals surface area (Å²) >= 11 is 3.22. The van der Waals surface area contributed by atoms with Gasteiger partial charge in [0.25, 0.3) is 0 Å². The van der Waals surface area contributed by atoms with Crippen molar-refractivity contribution in [3.63, 3.8) is 0 Å². The molecule has 0 aliphatic heterocycles. The quantitative estimate of drug-likeness (QED) is 0.825. The van der Waals surface area contributed by atoms with Crippen LogP contribution in [0.3, 0.4) is 0 Å². The highest BCUT2D eigenvalue weighted by Crippen LogP contribution is 2.42. The first-order chi connectivity index (χ1) is 7.87. The number of hydrogen-bond donors (Lipinski definition) is 1. The fourth-order valence-corrected chi connectivity index (χ4v) is 3.27. The third-order valence-corrected chi connectivity index (χ3v) is 4.21. The van der Waals surface area contributed by atoms with Crippen LogP contribution in [0.5, 0.6) is 0 Å². The molecule has 1 fully saturated rings. The van der Waals surface area contributed by atoms with E-state index < -0.39 is 0 Å². The van der Waals surface area contributed by atoms with E-state index in [9.17, 15) is 4.39 Å². The summed E-state index contributed by atoms with van der Waals surface area (Å²) < 4.78 is 13.7. The monoisotopic (exact) mass is 299 g/mol. The molecule has 0 amide bonds. The lowest BCUT2D eigenvalue weighted by Crippen LogP contribution is -2.22. The number of anilines is 1. The molecule has 2 rings (SSSR count). The molecule has 0 spiro atoms. The lowest BCUT2D eigenvalue weighted by molar-refractivity contribution is 0.366. The minimum atomic E-state index is -0.213. The minimum absolute atomic E-state index is 0.213. The Morgan fingerprint density at radius 1 is 1.35 bits per heavy atom. The average molecular weight is 300 g/mol. The molecular weight excluding hydrogens is 281 g/mol. The molecular formula is C14H19BrFN. The van der Waals surface area contributed by atoms with Gasteiger partial charge >= 0.3 is 0 Å². The van der Waals surface area contributed by atoms with Crippen molar-refractivity contribution in [3.8, 4) is 0 Å². The van der Waals surface area contributed by atoms with E-state index in [2.05, 4.69) is 42.0 Å². The summed E-state index contributed by atoms with van der Waals surface area (Å²) in [6, 6.07) is 5.60. The van der Waals surface area contributed by atoms with Crippen molar-refractivity contribution >= 4 is 21.6 Å². The Morgan fingerprint density at radius 2 is 2.06 bits per heavy atom. The molecule has 17 heavy (non-hydrogen) atoms. The van der Waals surface area contributed by atoms with Crippen LogP contribution >= 0.6 is 15.9 Å². The molecule has 0 radical (unpaired) electrons. The Hall–Kier alpha value is -0.570. The van der Waals surface area contributed by atoms with Crippen LogP contribution in [0.4, 0.5) is 10.1 Å². The lowest BCUT2D eigenvalue weighted by atomic mass is 9.91. The molecule has 1 aliphatic rings. The van der Waals surface area contributed by atoms with Gasteiger partial charge in [0.15, 0.2) is 0 Å². The Balaban J connectivity index is 2.08. The van der Waals surface area contributed by atoms with Gasteiger partial charge in [-0.25, -0.2) is 4.39 Å². The third kappa shape index (κ3) is 3.01. The molecule has 0 bridgehead atoms. The van der Waals surface area contributed by atoms with Gasteiger partial charge in [-0.3, -0.25) is 0 Å². The van der Waals surface area contributed by atoms with Crippen molar-refractivity contribution < 1.29 is 4.39 Å². The van der Waals surface area contributed by atoms with Crippen molar-refractivity contribution in [1.29, 1.82) is 0 Å². The maximum Gasteiger partial charge on any atom is 0.137 e. The summed E-state index contributed by atoms with van der Waals surface area (Å²) in [5, 5.41) is 3.52. The highest BCUT2D eigenvalue weighted by Gasteiger charge is 2.36. The van der Waals surface area contributed by atoms with Crippen molar-refractivity contribution in [1.82, 2.24) is 0 Å². The summed E-state index contributed by atoms with van der Waals surface area (Å²) in [5.41, 5.74) is 1.40. The highest BCUT2D eigenvalue weighted by atomic mass is 79.9. The van der Waals surface area contributed by atoms with E-state index in [1.165, 1.54) is 18.9 Å². The number of rotatable bonds is 2. The zero-order valence-electron chi connectivity index (χ0n) is 10.6. The second-order valence-corrected chi connectivity index (χ2v) is 6.78. The first-order valence-electron chi connectivity index (χ1n) is 6.09. The molecule has 0 aromatic heterocycles. The number of nitrogens with one attached hydrogen (secondary N) is 1. The van der Waals surface area contributed by atoms with E-state index in [4.69, 9.17) is 0 Å². The largest absolute Gasteiger partial charge is 0.382 e. The maximum atomic E-state index is 13.1. The SMILES string of the molecule is CC1CC(C)(C)CC1Nc1ccc(F)c(Br)c1. The lowest BCUT2D eigenvalue weighted by Gasteiger charge is -2.20. The summed E-state index contributed by atoms with van der Waals surface area (Å²) in [4.78, 5) is 0. The van der Waals surface area contributed by atoms with E-state index in [0.717, 1.165) is 5.69 Å². The summed E-state index contributed by atoms with van der Waals surface area (Å²) in [5.74, 6) is 0.448. The highest BCUT2D eigenvalue weighted by molar-refractivity contribution is 9.10. The van der Waals surface area contributed by atoms with Gasteiger partial charge in [-0.2, -0.15) is 0 Å². The second-order valence-electron chi connectivity index (χ2n) is 5.93. The molecule has 0 saturated heterocycles. The Kier molecular flexibility index (Phi) is 3.48. The fourth-order valence-electron chi connectivity index (χ4n) is 2.89. The molecule has 1 aromatic rings. The van der Waals surface area contributed by atoms with E-state index in [1.807, 2.05) is 6.07 Å². The number of hydrogen-bond acceptors (Lipinski definition) is 1. The van der Waals surface area contributed by atoms with Crippen LogP contribution in [-0.2, 0) is 0 Å². The van der Waals surface area contributed by atoms with E-state index in [0.29, 0.717) is 21.8 Å². The molecule has 1 aliphatic carbocycles. The third-order valence-electron chi connectivity index (χ3n) is 3.61. The molecule has 2 unspecified atom stereocenters. The molecule has 3 heteroatoms. The minimum Gasteiger partial charge on any atom is -0.382 e. The number of halogens is 2. The van der Waals surface area contributed by atoms with E-state index >= 15 is 0 Å². The van der Waals surface area contributed by atoms with Gasteiger partial charge in [-0.1, -0.05) is 20.8 Å².